The molecule has 4 aromatic rings. The first-order valence-electron chi connectivity index (χ1n) is 11.1. The van der Waals surface area contributed by atoms with Gasteiger partial charge in [0.15, 0.2) is 5.82 Å². The molecule has 170 valence electrons. The molecule has 9 heteroatoms. The van der Waals surface area contributed by atoms with Crippen molar-refractivity contribution in [1.29, 1.82) is 0 Å². The van der Waals surface area contributed by atoms with Crippen molar-refractivity contribution in [2.24, 2.45) is 0 Å². The molecule has 1 fully saturated rings. The van der Waals surface area contributed by atoms with E-state index in [1.165, 1.54) is 5.56 Å². The second-order valence-corrected chi connectivity index (χ2v) is 8.43. The van der Waals surface area contributed by atoms with Crippen molar-refractivity contribution < 1.29 is 4.52 Å². The van der Waals surface area contributed by atoms with Gasteiger partial charge in [-0.05, 0) is 13.0 Å². The van der Waals surface area contributed by atoms with Crippen LogP contribution in [0.3, 0.4) is 0 Å². The van der Waals surface area contributed by atoms with Crippen LogP contribution in [0.25, 0.3) is 16.8 Å². The highest BCUT2D eigenvalue weighted by Gasteiger charge is 2.19. The van der Waals surface area contributed by atoms with Crippen LogP contribution < -0.4 is 5.56 Å². The molecule has 0 amide bonds. The van der Waals surface area contributed by atoms with Gasteiger partial charge in [-0.1, -0.05) is 41.1 Å². The SMILES string of the molecule is C=CCN1CCN(Cc2nc(Cn3ccn4nc(-c5ccc(C)cc5)cc4c3=O)no2)CC1. The molecule has 0 spiro atoms. The van der Waals surface area contributed by atoms with Crippen LogP contribution in [0.1, 0.15) is 17.3 Å². The molecule has 1 aliphatic heterocycles. The van der Waals surface area contributed by atoms with E-state index < -0.39 is 0 Å². The Kier molecular flexibility index (Phi) is 5.89. The van der Waals surface area contributed by atoms with Crippen LogP contribution in [0.5, 0.6) is 0 Å². The molecule has 0 unspecified atom stereocenters. The molecule has 33 heavy (non-hydrogen) atoms. The third-order valence-electron chi connectivity index (χ3n) is 5.98. The maximum absolute atomic E-state index is 13.0. The van der Waals surface area contributed by atoms with Crippen molar-refractivity contribution >= 4 is 5.52 Å². The molecular weight excluding hydrogens is 418 g/mol. The summed E-state index contributed by atoms with van der Waals surface area (Å²) in [5, 5.41) is 8.63. The molecule has 9 nitrogen and oxygen atoms in total. The number of benzene rings is 1. The predicted octanol–water partition coefficient (Wildman–Crippen LogP) is 2.21. The van der Waals surface area contributed by atoms with E-state index >= 15 is 0 Å². The average Bonchev–Trinajstić information content (AvgIpc) is 3.45. The van der Waals surface area contributed by atoms with E-state index in [1.807, 2.05) is 43.3 Å². The second-order valence-electron chi connectivity index (χ2n) is 8.43. The van der Waals surface area contributed by atoms with Gasteiger partial charge in [0.05, 0.1) is 18.8 Å². The molecule has 0 bridgehead atoms. The summed E-state index contributed by atoms with van der Waals surface area (Å²) in [5.74, 6) is 1.06. The van der Waals surface area contributed by atoms with Crippen molar-refractivity contribution in [1.82, 2.24) is 34.1 Å². The lowest BCUT2D eigenvalue weighted by Crippen LogP contribution is -2.45. The minimum absolute atomic E-state index is 0.145. The number of rotatable bonds is 7. The van der Waals surface area contributed by atoms with Crippen molar-refractivity contribution in [2.75, 3.05) is 32.7 Å². The Bertz CT molecular complexity index is 1310. The summed E-state index contributed by atoms with van der Waals surface area (Å²) >= 11 is 0. The van der Waals surface area contributed by atoms with Crippen LogP contribution in [0.2, 0.25) is 0 Å². The number of fused-ring (bicyclic) bond motifs is 1. The standard InChI is InChI=1S/C24H27N7O2/c1-3-8-28-9-11-29(12-10-28)17-23-25-22(27-33-23)16-30-13-14-31-21(24(30)32)15-20(26-31)19-6-4-18(2)5-7-19/h3-7,13-15H,1,8-12,16-17H2,2H3. The molecule has 0 atom stereocenters. The lowest BCUT2D eigenvalue weighted by molar-refractivity contribution is 0.125. The first-order valence-corrected chi connectivity index (χ1v) is 11.1. The van der Waals surface area contributed by atoms with Crippen LogP contribution >= 0.6 is 0 Å². The quantitative estimate of drug-likeness (QED) is 0.403. The molecule has 0 saturated carbocycles. The molecule has 0 radical (unpaired) electrons. The highest BCUT2D eigenvalue weighted by Crippen LogP contribution is 2.19. The second kappa shape index (κ2) is 9.13. The zero-order valence-electron chi connectivity index (χ0n) is 18.7. The van der Waals surface area contributed by atoms with E-state index in [4.69, 9.17) is 4.52 Å². The molecule has 0 N–H and O–H groups in total. The minimum Gasteiger partial charge on any atom is -0.338 e. The third kappa shape index (κ3) is 4.64. The van der Waals surface area contributed by atoms with Gasteiger partial charge in [0.2, 0.25) is 5.89 Å². The zero-order chi connectivity index (χ0) is 22.8. The summed E-state index contributed by atoms with van der Waals surface area (Å²) in [6.45, 7) is 11.5. The van der Waals surface area contributed by atoms with Crippen LogP contribution in [-0.4, -0.2) is 66.8 Å². The van der Waals surface area contributed by atoms with Crippen molar-refractivity contribution in [2.45, 2.75) is 20.0 Å². The summed E-state index contributed by atoms with van der Waals surface area (Å²) in [6.07, 6.45) is 5.42. The molecule has 1 aromatic carbocycles. The highest BCUT2D eigenvalue weighted by molar-refractivity contribution is 5.65. The Labute approximate surface area is 191 Å². The van der Waals surface area contributed by atoms with E-state index in [1.54, 1.807) is 21.5 Å². The first-order chi connectivity index (χ1) is 16.1. The number of piperazine rings is 1. The molecule has 3 aromatic heterocycles. The number of aromatic nitrogens is 5. The van der Waals surface area contributed by atoms with Gasteiger partial charge in [-0.3, -0.25) is 14.6 Å². The summed E-state index contributed by atoms with van der Waals surface area (Å²) in [5.41, 5.74) is 3.28. The highest BCUT2D eigenvalue weighted by atomic mass is 16.5. The van der Waals surface area contributed by atoms with Gasteiger partial charge in [0, 0.05) is 50.7 Å². The summed E-state index contributed by atoms with van der Waals surface area (Å²) in [7, 11) is 0. The maximum atomic E-state index is 13.0. The third-order valence-corrected chi connectivity index (χ3v) is 5.98. The van der Waals surface area contributed by atoms with E-state index in [0.717, 1.165) is 44.0 Å². The maximum Gasteiger partial charge on any atom is 0.277 e. The van der Waals surface area contributed by atoms with E-state index in [9.17, 15) is 4.79 Å². The fourth-order valence-corrected chi connectivity index (χ4v) is 4.09. The first kappa shape index (κ1) is 21.3. The Morgan fingerprint density at radius 1 is 1.06 bits per heavy atom. The van der Waals surface area contributed by atoms with Gasteiger partial charge in [-0.2, -0.15) is 10.1 Å². The van der Waals surface area contributed by atoms with Crippen LogP contribution in [0, 0.1) is 6.92 Å². The number of aryl methyl sites for hydroxylation is 1. The van der Waals surface area contributed by atoms with Gasteiger partial charge in [0.1, 0.15) is 5.52 Å². The molecule has 5 rings (SSSR count). The fraction of sp³-hybridized carbons (Fsp3) is 0.333. The lowest BCUT2D eigenvalue weighted by Gasteiger charge is -2.33. The van der Waals surface area contributed by atoms with Gasteiger partial charge < -0.3 is 9.09 Å². The Morgan fingerprint density at radius 3 is 2.58 bits per heavy atom. The molecular formula is C24H27N7O2. The predicted molar refractivity (Wildman–Crippen MR) is 125 cm³/mol. The zero-order valence-corrected chi connectivity index (χ0v) is 18.7. The van der Waals surface area contributed by atoms with Crippen molar-refractivity contribution in [3.63, 3.8) is 0 Å². The van der Waals surface area contributed by atoms with Gasteiger partial charge in [-0.25, -0.2) is 4.52 Å². The van der Waals surface area contributed by atoms with Crippen molar-refractivity contribution in [3.8, 4) is 11.3 Å². The van der Waals surface area contributed by atoms with Gasteiger partial charge in [0.25, 0.3) is 5.56 Å². The summed E-state index contributed by atoms with van der Waals surface area (Å²) in [6, 6.07) is 9.90. The van der Waals surface area contributed by atoms with Crippen molar-refractivity contribution in [3.05, 3.63) is 83.0 Å². The molecule has 0 aliphatic carbocycles. The number of hydrogen-bond acceptors (Lipinski definition) is 7. The Hall–Kier alpha value is -3.56. The van der Waals surface area contributed by atoms with Crippen LogP contribution in [0.4, 0.5) is 0 Å². The van der Waals surface area contributed by atoms with Gasteiger partial charge >= 0.3 is 0 Å². The summed E-state index contributed by atoms with van der Waals surface area (Å²) < 4.78 is 8.64. The fourth-order valence-electron chi connectivity index (χ4n) is 4.09. The van der Waals surface area contributed by atoms with Crippen LogP contribution in [0.15, 0.2) is 64.7 Å². The monoisotopic (exact) mass is 445 g/mol. The summed E-state index contributed by atoms with van der Waals surface area (Å²) in [4.78, 5) is 22.2. The normalized spacial score (nSPS) is 15.3. The molecule has 1 saturated heterocycles. The van der Waals surface area contributed by atoms with E-state index in [2.05, 4.69) is 31.6 Å². The van der Waals surface area contributed by atoms with E-state index in [0.29, 0.717) is 23.8 Å². The number of hydrogen-bond donors (Lipinski definition) is 0. The molecule has 1 aliphatic rings. The minimum atomic E-state index is -0.145. The Balaban J connectivity index is 1.28. The average molecular weight is 446 g/mol. The van der Waals surface area contributed by atoms with E-state index in [-0.39, 0.29) is 12.1 Å². The number of nitrogens with zero attached hydrogens (tertiary/aromatic N) is 7. The van der Waals surface area contributed by atoms with Gasteiger partial charge in [-0.15, -0.1) is 6.58 Å². The van der Waals surface area contributed by atoms with Crippen LogP contribution in [-0.2, 0) is 13.1 Å². The topological polar surface area (TPSA) is 84.7 Å². The lowest BCUT2D eigenvalue weighted by atomic mass is 10.1. The smallest absolute Gasteiger partial charge is 0.277 e. The molecule has 4 heterocycles. The Morgan fingerprint density at radius 2 is 1.82 bits per heavy atom. The largest absolute Gasteiger partial charge is 0.338 e.